The summed E-state index contributed by atoms with van der Waals surface area (Å²) in [5.41, 5.74) is 0. The Morgan fingerprint density at radius 2 is 1.83 bits per heavy atom. The van der Waals surface area contributed by atoms with Gasteiger partial charge in [0, 0.05) is 24.0 Å². The third-order valence-corrected chi connectivity index (χ3v) is 0. The Labute approximate surface area is 70.6 Å². The quantitative estimate of drug-likeness (QED) is 0.369. The van der Waals surface area contributed by atoms with Crippen LogP contribution in [0.5, 0.6) is 0 Å². The first-order chi connectivity index (χ1) is 1.73. The molecule has 1 N–H and O–H groups in total. The van der Waals surface area contributed by atoms with E-state index in [1.54, 1.807) is 0 Å². The van der Waals surface area contributed by atoms with Crippen molar-refractivity contribution >= 4 is 5.97 Å². The van der Waals surface area contributed by atoms with E-state index in [1.807, 2.05) is 0 Å². The van der Waals surface area contributed by atoms with Crippen molar-refractivity contribution in [2.45, 2.75) is 6.92 Å². The number of hydrogen-bond acceptors (Lipinski definition) is 1. The topological polar surface area (TPSA) is 37.3 Å². The molecule has 0 radical (unpaired) electrons. The Hall–Kier alpha value is 0.989. The van der Waals surface area contributed by atoms with Gasteiger partial charge in [-0.25, -0.2) is 0 Å². The van der Waals surface area contributed by atoms with Gasteiger partial charge in [-0.15, -0.1) is 0 Å². The van der Waals surface area contributed by atoms with Crippen molar-refractivity contribution in [1.82, 2.24) is 0 Å². The van der Waals surface area contributed by atoms with Crippen LogP contribution < -0.4 is 29.6 Å². The summed E-state index contributed by atoms with van der Waals surface area (Å²) >= 11 is 0. The maximum Gasteiger partial charge on any atom is 1.00 e. The van der Waals surface area contributed by atoms with Gasteiger partial charge in [0.15, 0.2) is 0 Å². The summed E-state index contributed by atoms with van der Waals surface area (Å²) in [5.74, 6) is -0.833. The second kappa shape index (κ2) is 9.37. The van der Waals surface area contributed by atoms with Crippen molar-refractivity contribution in [1.29, 1.82) is 0 Å². The van der Waals surface area contributed by atoms with E-state index in [4.69, 9.17) is 9.90 Å². The molecule has 0 aromatic heterocycles. The van der Waals surface area contributed by atoms with Gasteiger partial charge in [0.2, 0.25) is 0 Å². The molecule has 0 aliphatic heterocycles. The smallest absolute Gasteiger partial charge is 1.00 e. The fraction of sp³-hybridized carbons (Fsp3) is 0.500. The van der Waals surface area contributed by atoms with Gasteiger partial charge >= 0.3 is 29.6 Å². The normalized spacial score (nSPS) is 4.17. The van der Waals surface area contributed by atoms with Crippen LogP contribution in [0.15, 0.2) is 0 Å². The van der Waals surface area contributed by atoms with E-state index in [0.29, 0.717) is 0 Å². The average Bonchev–Trinajstić information content (AvgIpc) is 0.811. The van der Waals surface area contributed by atoms with Crippen LogP contribution in [0.4, 0.5) is 0 Å². The Kier molecular flexibility index (Phi) is 24.6. The predicted octanol–water partition coefficient (Wildman–Crippen LogP) is -2.80. The summed E-state index contributed by atoms with van der Waals surface area (Å²) in [4.78, 5) is 9.00. The first kappa shape index (κ1) is 15.8. The largest absolute Gasteiger partial charge is 1.00 e. The zero-order valence-corrected chi connectivity index (χ0v) is 6.81. The van der Waals surface area contributed by atoms with E-state index < -0.39 is 5.97 Å². The van der Waals surface area contributed by atoms with Crippen LogP contribution in [0, 0.1) is 0 Å². The molecule has 0 saturated carbocycles. The van der Waals surface area contributed by atoms with E-state index in [2.05, 4.69) is 0 Å². The standard InChI is InChI=1S/C2H4O2.Fe.Na.H/c1-2(3)4;;;/h1H3,(H,3,4);;;/q;;+1;-1. The molecule has 0 rings (SSSR count). The summed E-state index contributed by atoms with van der Waals surface area (Å²) in [6, 6.07) is 0. The van der Waals surface area contributed by atoms with Crippen molar-refractivity contribution in [3.63, 3.8) is 0 Å². The molecule has 0 amide bonds. The number of carboxylic acids is 1. The molecule has 0 aliphatic carbocycles. The number of hydrogen-bond donors (Lipinski definition) is 1. The van der Waals surface area contributed by atoms with Gasteiger partial charge in [-0.2, -0.15) is 0 Å². The van der Waals surface area contributed by atoms with E-state index in [-0.39, 0.29) is 48.1 Å². The molecule has 34 valence electrons. The zero-order chi connectivity index (χ0) is 3.58. The molecule has 0 unspecified atom stereocenters. The molecule has 0 aliphatic rings. The number of aliphatic carboxylic acids is 1. The SMILES string of the molecule is CC(=O)O.[Fe].[H-].[Na+]. The molecule has 0 aromatic rings. The second-order valence-corrected chi connectivity index (χ2v) is 0.519. The molecule has 0 spiro atoms. The number of rotatable bonds is 0. The van der Waals surface area contributed by atoms with Crippen LogP contribution in [0.3, 0.4) is 0 Å². The molecule has 0 saturated heterocycles. The number of carbonyl (C=O) groups is 1. The van der Waals surface area contributed by atoms with E-state index >= 15 is 0 Å². The minimum absolute atomic E-state index is 0. The maximum atomic E-state index is 9.00. The van der Waals surface area contributed by atoms with Crippen molar-refractivity contribution in [3.05, 3.63) is 0 Å². The first-order valence-electron chi connectivity index (χ1n) is 0.928. The van der Waals surface area contributed by atoms with Gasteiger partial charge in [0.05, 0.1) is 0 Å². The third kappa shape index (κ3) is 81.1. The van der Waals surface area contributed by atoms with Crippen LogP contribution in [-0.2, 0) is 21.9 Å². The fourth-order valence-corrected chi connectivity index (χ4v) is 0. The van der Waals surface area contributed by atoms with Gasteiger partial charge in [0.25, 0.3) is 5.97 Å². The van der Waals surface area contributed by atoms with Gasteiger partial charge < -0.3 is 6.53 Å². The van der Waals surface area contributed by atoms with Crippen molar-refractivity contribution in [2.75, 3.05) is 0 Å². The van der Waals surface area contributed by atoms with Crippen LogP contribution in [-0.4, -0.2) is 11.1 Å². The average molecular weight is 140 g/mol. The molecule has 0 fully saturated rings. The summed E-state index contributed by atoms with van der Waals surface area (Å²) in [5, 5.41) is 7.42. The molecule has 2 nitrogen and oxygen atoms in total. The monoisotopic (exact) mass is 140 g/mol. The van der Waals surface area contributed by atoms with E-state index in [1.165, 1.54) is 0 Å². The second-order valence-electron chi connectivity index (χ2n) is 0.519. The molecule has 0 bridgehead atoms. The molecule has 0 aromatic carbocycles. The van der Waals surface area contributed by atoms with Gasteiger partial charge in [-0.05, 0) is 0 Å². The molecular formula is C2H5FeNaO2. The van der Waals surface area contributed by atoms with Gasteiger partial charge in [0.1, 0.15) is 0 Å². The van der Waals surface area contributed by atoms with Crippen LogP contribution in [0.1, 0.15) is 8.35 Å². The Balaban J connectivity index is -0.0000000150. The minimum atomic E-state index is -0.833. The third-order valence-electron chi connectivity index (χ3n) is 0. The van der Waals surface area contributed by atoms with Crippen LogP contribution in [0.2, 0.25) is 0 Å². The van der Waals surface area contributed by atoms with Crippen LogP contribution in [0.25, 0.3) is 0 Å². The molecule has 6 heavy (non-hydrogen) atoms. The Bertz CT molecular complexity index is 38.7. The van der Waals surface area contributed by atoms with Gasteiger partial charge in [-0.3, -0.25) is 4.79 Å². The molecule has 0 heterocycles. The summed E-state index contributed by atoms with van der Waals surface area (Å²) in [7, 11) is 0. The Morgan fingerprint density at radius 3 is 1.83 bits per heavy atom. The Morgan fingerprint density at radius 1 is 1.83 bits per heavy atom. The van der Waals surface area contributed by atoms with E-state index in [9.17, 15) is 0 Å². The van der Waals surface area contributed by atoms with Crippen molar-refractivity contribution < 1.29 is 58.0 Å². The first-order valence-corrected chi connectivity index (χ1v) is 0.928. The summed E-state index contributed by atoms with van der Waals surface area (Å²) in [6.07, 6.45) is 0. The van der Waals surface area contributed by atoms with E-state index in [0.717, 1.165) is 6.92 Å². The summed E-state index contributed by atoms with van der Waals surface area (Å²) in [6.45, 7) is 1.08. The molecule has 0 atom stereocenters. The van der Waals surface area contributed by atoms with Crippen molar-refractivity contribution in [3.8, 4) is 0 Å². The van der Waals surface area contributed by atoms with Crippen LogP contribution >= 0.6 is 0 Å². The number of carboxylic acid groups (broad SMARTS) is 1. The van der Waals surface area contributed by atoms with Gasteiger partial charge in [-0.1, -0.05) is 0 Å². The zero-order valence-electron chi connectivity index (χ0n) is 4.71. The fourth-order valence-electron chi connectivity index (χ4n) is 0. The summed E-state index contributed by atoms with van der Waals surface area (Å²) < 4.78 is 0. The minimum Gasteiger partial charge on any atom is -1.00 e. The van der Waals surface area contributed by atoms with Crippen molar-refractivity contribution in [2.24, 2.45) is 0 Å². The maximum absolute atomic E-state index is 9.00. The predicted molar refractivity (Wildman–Crippen MR) is 14.4 cm³/mol. The molecular weight excluding hydrogens is 135 g/mol. The molecule has 4 heteroatoms.